The fourth-order valence-corrected chi connectivity index (χ4v) is 4.54. The van der Waals surface area contributed by atoms with E-state index < -0.39 is 5.54 Å². The molecule has 9 nitrogen and oxygen atoms in total. The Morgan fingerprint density at radius 2 is 1.69 bits per heavy atom. The molecule has 2 saturated heterocycles. The highest BCUT2D eigenvalue weighted by atomic mass is 16.2. The summed E-state index contributed by atoms with van der Waals surface area (Å²) >= 11 is 0. The zero-order chi connectivity index (χ0) is 22.8. The predicted molar refractivity (Wildman–Crippen MR) is 122 cm³/mol. The molecule has 2 fully saturated rings. The minimum atomic E-state index is -0.579. The number of aryl methyl sites for hydroxylation is 2. The Kier molecular flexibility index (Phi) is 4.47. The number of para-hydroxylation sites is 2. The van der Waals surface area contributed by atoms with Gasteiger partial charge in [0.2, 0.25) is 0 Å². The first-order chi connectivity index (χ1) is 15.1. The summed E-state index contributed by atoms with van der Waals surface area (Å²) < 4.78 is 2.16. The highest BCUT2D eigenvalue weighted by Crippen LogP contribution is 2.34. The van der Waals surface area contributed by atoms with Crippen LogP contribution in [0.2, 0.25) is 0 Å². The van der Waals surface area contributed by atoms with Gasteiger partial charge in [0.1, 0.15) is 29.8 Å². The topological polar surface area (TPSA) is 87.5 Å². The number of urea groups is 1. The summed E-state index contributed by atoms with van der Waals surface area (Å²) in [4.78, 5) is 44.2. The van der Waals surface area contributed by atoms with Crippen molar-refractivity contribution in [3.8, 4) is 0 Å². The van der Waals surface area contributed by atoms with E-state index in [4.69, 9.17) is 4.98 Å². The number of benzene rings is 1. The van der Waals surface area contributed by atoms with Gasteiger partial charge < -0.3 is 9.47 Å². The first kappa shape index (κ1) is 20.4. The molecule has 2 aliphatic heterocycles. The Hall–Kier alpha value is -3.49. The molecule has 2 aromatic heterocycles. The summed E-state index contributed by atoms with van der Waals surface area (Å²) in [6.07, 6.45) is 0. The number of hydrogen-bond donors (Lipinski definition) is 0. The molecule has 1 aromatic carbocycles. The zero-order valence-electron chi connectivity index (χ0n) is 19.0. The van der Waals surface area contributed by atoms with Crippen LogP contribution in [0.15, 0.2) is 30.3 Å². The summed E-state index contributed by atoms with van der Waals surface area (Å²) in [7, 11) is 2.05. The normalized spacial score (nSPS) is 17.6. The van der Waals surface area contributed by atoms with Crippen molar-refractivity contribution in [1.82, 2.24) is 24.4 Å². The number of hydrogen-bond acceptors (Lipinski definition) is 6. The molecule has 0 atom stereocenters. The van der Waals surface area contributed by atoms with E-state index in [1.54, 1.807) is 13.0 Å². The molecule has 0 spiro atoms. The average Bonchev–Trinajstić information content (AvgIpc) is 3.17. The van der Waals surface area contributed by atoms with Crippen LogP contribution in [-0.4, -0.2) is 61.5 Å². The summed E-state index contributed by atoms with van der Waals surface area (Å²) in [6, 6.07) is 9.60. The Balaban J connectivity index is 1.37. The van der Waals surface area contributed by atoms with Gasteiger partial charge in [0, 0.05) is 31.7 Å². The van der Waals surface area contributed by atoms with E-state index >= 15 is 0 Å². The minimum Gasteiger partial charge on any atom is -0.355 e. The van der Waals surface area contributed by atoms with Gasteiger partial charge in [-0.25, -0.2) is 19.7 Å². The maximum atomic E-state index is 12.9. The van der Waals surface area contributed by atoms with E-state index in [2.05, 4.69) is 32.5 Å². The molecule has 3 amide bonds. The maximum Gasteiger partial charge on any atom is 0.333 e. The molecule has 0 saturated carbocycles. The van der Waals surface area contributed by atoms with Crippen molar-refractivity contribution in [2.75, 3.05) is 29.4 Å². The Bertz CT molecular complexity index is 1240. The van der Waals surface area contributed by atoms with Gasteiger partial charge in [-0.2, -0.15) is 0 Å². The van der Waals surface area contributed by atoms with Crippen molar-refractivity contribution < 1.29 is 9.59 Å². The quantitative estimate of drug-likeness (QED) is 0.591. The summed E-state index contributed by atoms with van der Waals surface area (Å²) in [5.74, 6) is 2.94. The van der Waals surface area contributed by atoms with E-state index in [-0.39, 0.29) is 18.5 Å². The van der Waals surface area contributed by atoms with Gasteiger partial charge in [-0.1, -0.05) is 12.1 Å². The number of imidazole rings is 1. The van der Waals surface area contributed by atoms with E-state index in [0.717, 1.165) is 35.8 Å². The van der Waals surface area contributed by atoms with Gasteiger partial charge in [-0.3, -0.25) is 14.6 Å². The van der Waals surface area contributed by atoms with Crippen LogP contribution in [0.3, 0.4) is 0 Å². The average molecular weight is 434 g/mol. The maximum absolute atomic E-state index is 12.9. The third-order valence-corrected chi connectivity index (χ3v) is 6.12. The molecule has 0 radical (unpaired) electrons. The van der Waals surface area contributed by atoms with E-state index in [9.17, 15) is 9.59 Å². The summed E-state index contributed by atoms with van der Waals surface area (Å²) in [6.45, 7) is 8.93. The second-order valence-electron chi connectivity index (χ2n) is 9.52. The summed E-state index contributed by atoms with van der Waals surface area (Å²) in [5.41, 5.74) is 1.55. The molecule has 0 bridgehead atoms. The fraction of sp³-hybridized carbons (Fsp3) is 0.435. The van der Waals surface area contributed by atoms with Crippen molar-refractivity contribution in [3.63, 3.8) is 0 Å². The molecular weight excluding hydrogens is 406 g/mol. The third-order valence-electron chi connectivity index (χ3n) is 6.12. The van der Waals surface area contributed by atoms with Crippen LogP contribution in [0.4, 0.5) is 16.4 Å². The molecule has 4 heterocycles. The van der Waals surface area contributed by atoms with Gasteiger partial charge in [0.15, 0.2) is 0 Å². The lowest BCUT2D eigenvalue weighted by Gasteiger charge is -2.40. The number of rotatable bonds is 3. The van der Waals surface area contributed by atoms with Gasteiger partial charge >= 0.3 is 6.03 Å². The van der Waals surface area contributed by atoms with Gasteiger partial charge in [0.05, 0.1) is 17.0 Å². The highest BCUT2D eigenvalue weighted by molar-refractivity contribution is 6.12. The van der Waals surface area contributed by atoms with E-state index in [1.165, 1.54) is 9.80 Å². The number of amides is 3. The molecule has 5 rings (SSSR count). The monoisotopic (exact) mass is 433 g/mol. The SMILES string of the molecule is Cc1nc(N2CC(c3nc4ccccc4n3C)C2)cc(N2CC(=O)N(C(C)(C)C)C2=O)n1. The van der Waals surface area contributed by atoms with Gasteiger partial charge in [-0.15, -0.1) is 0 Å². The molecule has 32 heavy (non-hydrogen) atoms. The smallest absolute Gasteiger partial charge is 0.333 e. The number of fused-ring (bicyclic) bond motifs is 1. The van der Waals surface area contributed by atoms with Crippen molar-refractivity contribution in [2.24, 2.45) is 7.05 Å². The van der Waals surface area contributed by atoms with Crippen molar-refractivity contribution in [1.29, 1.82) is 0 Å². The Labute approximate surface area is 186 Å². The lowest BCUT2D eigenvalue weighted by Crippen LogP contribution is -2.47. The Morgan fingerprint density at radius 3 is 2.34 bits per heavy atom. The van der Waals surface area contributed by atoms with Crippen LogP contribution in [0.25, 0.3) is 11.0 Å². The number of nitrogens with zero attached hydrogens (tertiary/aromatic N) is 7. The van der Waals surface area contributed by atoms with Crippen LogP contribution < -0.4 is 9.80 Å². The van der Waals surface area contributed by atoms with Crippen molar-refractivity contribution in [3.05, 3.63) is 42.0 Å². The van der Waals surface area contributed by atoms with E-state index in [0.29, 0.717) is 17.6 Å². The molecule has 2 aliphatic rings. The number of carbonyl (C=O) groups excluding carboxylic acids is 2. The van der Waals surface area contributed by atoms with E-state index in [1.807, 2.05) is 39.0 Å². The first-order valence-electron chi connectivity index (χ1n) is 10.8. The third kappa shape index (κ3) is 3.19. The molecular formula is C23H27N7O2. The first-order valence-corrected chi connectivity index (χ1v) is 10.8. The van der Waals surface area contributed by atoms with Gasteiger partial charge in [-0.05, 0) is 39.8 Å². The molecule has 0 unspecified atom stereocenters. The molecule has 0 N–H and O–H groups in total. The number of carbonyl (C=O) groups is 2. The molecule has 166 valence electrons. The standard InChI is InChI=1S/C23H27N7O2/c1-14-24-18(10-19(25-14)29-13-20(31)30(22(29)32)23(2,3)4)28-11-15(12-28)21-26-16-8-6-7-9-17(16)27(21)5/h6-10,15H,11-13H2,1-5H3. The van der Waals surface area contributed by atoms with Gasteiger partial charge in [0.25, 0.3) is 5.91 Å². The largest absolute Gasteiger partial charge is 0.355 e. The van der Waals surface area contributed by atoms with Crippen LogP contribution in [0.1, 0.15) is 38.3 Å². The number of imide groups is 1. The molecule has 9 heteroatoms. The number of aromatic nitrogens is 4. The van der Waals surface area contributed by atoms with Crippen LogP contribution in [0, 0.1) is 6.92 Å². The second kappa shape index (κ2) is 7.01. The number of anilines is 2. The zero-order valence-corrected chi connectivity index (χ0v) is 19.0. The molecule has 0 aliphatic carbocycles. The Morgan fingerprint density at radius 1 is 1.00 bits per heavy atom. The lowest BCUT2D eigenvalue weighted by atomic mass is 9.99. The lowest BCUT2D eigenvalue weighted by molar-refractivity contribution is -0.128. The van der Waals surface area contributed by atoms with Crippen LogP contribution >= 0.6 is 0 Å². The van der Waals surface area contributed by atoms with Crippen molar-refractivity contribution in [2.45, 2.75) is 39.2 Å². The highest BCUT2D eigenvalue weighted by Gasteiger charge is 2.44. The summed E-state index contributed by atoms with van der Waals surface area (Å²) in [5, 5.41) is 0. The van der Waals surface area contributed by atoms with Crippen molar-refractivity contribution >= 4 is 34.6 Å². The second-order valence-corrected chi connectivity index (χ2v) is 9.52. The van der Waals surface area contributed by atoms with Crippen LogP contribution in [-0.2, 0) is 11.8 Å². The molecule has 3 aromatic rings. The minimum absolute atomic E-state index is 0.00548. The predicted octanol–water partition coefficient (Wildman–Crippen LogP) is 2.84. The van der Waals surface area contributed by atoms with Crippen LogP contribution in [0.5, 0.6) is 0 Å². The fourth-order valence-electron chi connectivity index (χ4n) is 4.54.